The highest BCUT2D eigenvalue weighted by molar-refractivity contribution is 7.09. The number of anilines is 1. The molecule has 3 aromatic rings. The van der Waals surface area contributed by atoms with Crippen molar-refractivity contribution in [1.29, 1.82) is 0 Å². The standard InChI is InChI=1S/C15H18N6OS/c1-3-21(7-11-5-4-6-23-11)12(22)8-20(2)15-13-14(17-9-16-13)18-10-19-15/h4-6,9-10H,3,7-8H2,1-2H3,(H,16,17,18,19). The monoisotopic (exact) mass is 330 g/mol. The zero-order valence-corrected chi connectivity index (χ0v) is 13.9. The minimum absolute atomic E-state index is 0.0645. The summed E-state index contributed by atoms with van der Waals surface area (Å²) < 4.78 is 0. The topological polar surface area (TPSA) is 78.0 Å². The molecule has 0 saturated heterocycles. The lowest BCUT2D eigenvalue weighted by molar-refractivity contribution is -0.130. The van der Waals surface area contributed by atoms with Crippen molar-refractivity contribution in [3.63, 3.8) is 0 Å². The molecule has 3 rings (SSSR count). The summed E-state index contributed by atoms with van der Waals surface area (Å²) in [5, 5.41) is 2.02. The summed E-state index contributed by atoms with van der Waals surface area (Å²) in [4.78, 5) is 32.9. The number of likely N-dealkylation sites (N-methyl/N-ethyl adjacent to an activating group) is 2. The van der Waals surface area contributed by atoms with Gasteiger partial charge in [-0.3, -0.25) is 4.79 Å². The minimum Gasteiger partial charge on any atom is -0.348 e. The molecule has 1 N–H and O–H groups in total. The zero-order chi connectivity index (χ0) is 16.2. The van der Waals surface area contributed by atoms with Gasteiger partial charge in [-0.05, 0) is 18.4 Å². The van der Waals surface area contributed by atoms with E-state index >= 15 is 0 Å². The number of hydrogen-bond acceptors (Lipinski definition) is 6. The summed E-state index contributed by atoms with van der Waals surface area (Å²) in [5.74, 6) is 0.739. The molecule has 0 aromatic carbocycles. The van der Waals surface area contributed by atoms with E-state index in [1.807, 2.05) is 41.3 Å². The number of aromatic nitrogens is 4. The average Bonchev–Trinajstić information content (AvgIpc) is 3.22. The van der Waals surface area contributed by atoms with Gasteiger partial charge in [0.25, 0.3) is 0 Å². The molecule has 0 saturated carbocycles. The molecule has 0 unspecified atom stereocenters. The van der Waals surface area contributed by atoms with Crippen molar-refractivity contribution < 1.29 is 4.79 Å². The molecule has 23 heavy (non-hydrogen) atoms. The summed E-state index contributed by atoms with van der Waals surface area (Å²) in [7, 11) is 1.85. The summed E-state index contributed by atoms with van der Waals surface area (Å²) >= 11 is 1.66. The van der Waals surface area contributed by atoms with Gasteiger partial charge in [-0.1, -0.05) is 6.07 Å². The highest BCUT2D eigenvalue weighted by Gasteiger charge is 2.18. The Bertz CT molecular complexity index is 784. The molecule has 0 fully saturated rings. The highest BCUT2D eigenvalue weighted by Crippen LogP contribution is 2.18. The van der Waals surface area contributed by atoms with E-state index in [2.05, 4.69) is 19.9 Å². The van der Waals surface area contributed by atoms with Crippen LogP contribution in [0.2, 0.25) is 0 Å². The van der Waals surface area contributed by atoms with Gasteiger partial charge in [0, 0.05) is 18.5 Å². The van der Waals surface area contributed by atoms with E-state index in [9.17, 15) is 4.79 Å². The van der Waals surface area contributed by atoms with E-state index in [-0.39, 0.29) is 12.5 Å². The van der Waals surface area contributed by atoms with Crippen LogP contribution in [0.4, 0.5) is 5.82 Å². The Balaban J connectivity index is 1.72. The van der Waals surface area contributed by atoms with Gasteiger partial charge in [-0.25, -0.2) is 15.0 Å². The van der Waals surface area contributed by atoms with Crippen molar-refractivity contribution in [2.75, 3.05) is 25.0 Å². The van der Waals surface area contributed by atoms with E-state index in [0.717, 1.165) is 5.52 Å². The van der Waals surface area contributed by atoms with Crippen LogP contribution >= 0.6 is 11.3 Å². The molecule has 120 valence electrons. The first-order valence-corrected chi connectivity index (χ1v) is 8.22. The molecule has 3 aromatic heterocycles. The second-order valence-electron chi connectivity index (χ2n) is 5.14. The number of carbonyl (C=O) groups excluding carboxylic acids is 1. The maximum Gasteiger partial charge on any atom is 0.242 e. The first-order valence-electron chi connectivity index (χ1n) is 7.34. The maximum atomic E-state index is 12.6. The van der Waals surface area contributed by atoms with Crippen LogP contribution in [0, 0.1) is 0 Å². The third kappa shape index (κ3) is 3.31. The second kappa shape index (κ2) is 6.74. The lowest BCUT2D eigenvalue weighted by Crippen LogP contribution is -2.38. The molecular weight excluding hydrogens is 312 g/mol. The van der Waals surface area contributed by atoms with Crippen LogP contribution in [0.25, 0.3) is 11.2 Å². The predicted molar refractivity (Wildman–Crippen MR) is 90.4 cm³/mol. The fourth-order valence-corrected chi connectivity index (χ4v) is 3.11. The maximum absolute atomic E-state index is 12.6. The van der Waals surface area contributed by atoms with Crippen LogP contribution in [0.1, 0.15) is 11.8 Å². The molecule has 7 nitrogen and oxygen atoms in total. The lowest BCUT2D eigenvalue weighted by Gasteiger charge is -2.24. The van der Waals surface area contributed by atoms with Crippen molar-refractivity contribution in [3.05, 3.63) is 35.0 Å². The molecule has 0 bridgehead atoms. The molecular formula is C15H18N6OS. The molecule has 0 aliphatic heterocycles. The zero-order valence-electron chi connectivity index (χ0n) is 13.1. The van der Waals surface area contributed by atoms with Crippen LogP contribution in [0.3, 0.4) is 0 Å². The summed E-state index contributed by atoms with van der Waals surface area (Å²) in [6.07, 6.45) is 3.04. The van der Waals surface area contributed by atoms with E-state index in [1.165, 1.54) is 11.2 Å². The minimum atomic E-state index is 0.0645. The Morgan fingerprint density at radius 1 is 1.35 bits per heavy atom. The first-order chi connectivity index (χ1) is 11.2. The molecule has 0 aliphatic carbocycles. The van der Waals surface area contributed by atoms with E-state index in [4.69, 9.17) is 0 Å². The third-order valence-corrected chi connectivity index (χ3v) is 4.46. The number of H-pyrrole nitrogens is 1. The number of hydrogen-bond donors (Lipinski definition) is 1. The van der Waals surface area contributed by atoms with Crippen molar-refractivity contribution >= 4 is 34.2 Å². The number of imidazole rings is 1. The van der Waals surface area contributed by atoms with Crippen molar-refractivity contribution in [2.24, 2.45) is 0 Å². The molecule has 0 spiro atoms. The van der Waals surface area contributed by atoms with Gasteiger partial charge < -0.3 is 14.8 Å². The Hall–Kier alpha value is -2.48. The second-order valence-corrected chi connectivity index (χ2v) is 6.17. The fourth-order valence-electron chi connectivity index (χ4n) is 2.39. The number of nitrogens with one attached hydrogen (secondary N) is 1. The number of nitrogens with zero attached hydrogens (tertiary/aromatic N) is 5. The van der Waals surface area contributed by atoms with Crippen LogP contribution in [0.15, 0.2) is 30.2 Å². The normalized spacial score (nSPS) is 10.9. The van der Waals surface area contributed by atoms with E-state index in [0.29, 0.717) is 24.6 Å². The first kappa shape index (κ1) is 15.4. The van der Waals surface area contributed by atoms with Crippen molar-refractivity contribution in [3.8, 4) is 0 Å². The van der Waals surface area contributed by atoms with Crippen molar-refractivity contribution in [2.45, 2.75) is 13.5 Å². The SMILES string of the molecule is CCN(Cc1cccs1)C(=O)CN(C)c1ncnc2nc[nH]c12. The number of aromatic amines is 1. The number of rotatable bonds is 6. The predicted octanol–water partition coefficient (Wildman–Crippen LogP) is 1.90. The Labute approximate surface area is 138 Å². The van der Waals surface area contributed by atoms with Crippen molar-refractivity contribution in [1.82, 2.24) is 24.8 Å². The largest absolute Gasteiger partial charge is 0.348 e. The molecule has 8 heteroatoms. The van der Waals surface area contributed by atoms with Gasteiger partial charge in [-0.2, -0.15) is 0 Å². The van der Waals surface area contributed by atoms with Gasteiger partial charge in [0.05, 0.1) is 19.4 Å². The number of amides is 1. The fraction of sp³-hybridized carbons (Fsp3) is 0.333. The summed E-state index contributed by atoms with van der Waals surface area (Å²) in [6.45, 7) is 3.56. The third-order valence-electron chi connectivity index (χ3n) is 3.60. The number of fused-ring (bicyclic) bond motifs is 1. The Kier molecular flexibility index (Phi) is 4.52. The van der Waals surface area contributed by atoms with Crippen LogP contribution < -0.4 is 4.90 Å². The lowest BCUT2D eigenvalue weighted by atomic mass is 10.3. The van der Waals surface area contributed by atoms with Gasteiger partial charge in [0.1, 0.15) is 11.8 Å². The quantitative estimate of drug-likeness (QED) is 0.747. The van der Waals surface area contributed by atoms with E-state index in [1.54, 1.807) is 17.7 Å². The van der Waals surface area contributed by atoms with E-state index < -0.39 is 0 Å². The highest BCUT2D eigenvalue weighted by atomic mass is 32.1. The number of carbonyl (C=O) groups is 1. The Morgan fingerprint density at radius 3 is 2.96 bits per heavy atom. The molecule has 0 aliphatic rings. The van der Waals surface area contributed by atoms with Crippen LogP contribution in [-0.4, -0.2) is 50.9 Å². The van der Waals surface area contributed by atoms with Crippen LogP contribution in [0.5, 0.6) is 0 Å². The van der Waals surface area contributed by atoms with Gasteiger partial charge >= 0.3 is 0 Å². The molecule has 1 amide bonds. The van der Waals surface area contributed by atoms with Gasteiger partial charge in [0.2, 0.25) is 5.91 Å². The molecule has 3 heterocycles. The summed E-state index contributed by atoms with van der Waals surface area (Å²) in [5.41, 5.74) is 1.34. The van der Waals surface area contributed by atoms with Gasteiger partial charge in [0.15, 0.2) is 11.5 Å². The Morgan fingerprint density at radius 2 is 2.22 bits per heavy atom. The number of thiophene rings is 1. The van der Waals surface area contributed by atoms with Crippen LogP contribution in [-0.2, 0) is 11.3 Å². The van der Waals surface area contributed by atoms with Gasteiger partial charge in [-0.15, -0.1) is 11.3 Å². The smallest absolute Gasteiger partial charge is 0.242 e. The average molecular weight is 330 g/mol. The summed E-state index contributed by atoms with van der Waals surface area (Å²) in [6, 6.07) is 4.04. The molecule has 0 radical (unpaired) electrons. The molecule has 0 atom stereocenters.